The van der Waals surface area contributed by atoms with Crippen molar-refractivity contribution in [3.8, 4) is 0 Å². The third kappa shape index (κ3) is 2.83. The first-order valence-corrected chi connectivity index (χ1v) is 4.74. The maximum absolute atomic E-state index is 13.0. The van der Waals surface area contributed by atoms with Crippen LogP contribution >= 0.6 is 23.2 Å². The maximum Gasteiger partial charge on any atom is 0.143 e. The molecule has 0 amide bonds. The fraction of sp³-hybridized carbons (Fsp3) is 0.333. The molecule has 1 nitrogen and oxygen atoms in total. The first-order valence-electron chi connectivity index (χ1n) is 3.98. The molecule has 0 saturated carbocycles. The molecule has 0 spiro atoms. The van der Waals surface area contributed by atoms with E-state index in [2.05, 4.69) is 0 Å². The Bertz CT molecular complexity index is 302. The number of nitrogens with two attached hydrogens (primary N) is 1. The lowest BCUT2D eigenvalue weighted by Gasteiger charge is -2.04. The first-order chi connectivity index (χ1) is 6.15. The van der Waals surface area contributed by atoms with Crippen LogP contribution in [0.3, 0.4) is 0 Å². The molecule has 13 heavy (non-hydrogen) atoms. The number of halogens is 3. The smallest absolute Gasteiger partial charge is 0.143 e. The van der Waals surface area contributed by atoms with Crippen molar-refractivity contribution in [3.05, 3.63) is 33.6 Å². The van der Waals surface area contributed by atoms with E-state index in [1.807, 2.05) is 0 Å². The van der Waals surface area contributed by atoms with Gasteiger partial charge in [-0.25, -0.2) is 4.39 Å². The van der Waals surface area contributed by atoms with Gasteiger partial charge in [-0.05, 0) is 37.1 Å². The molecule has 0 aliphatic heterocycles. The van der Waals surface area contributed by atoms with E-state index in [9.17, 15) is 4.39 Å². The summed E-state index contributed by atoms with van der Waals surface area (Å²) in [6.07, 6.45) is 1.44. The van der Waals surface area contributed by atoms with Crippen LogP contribution in [0.4, 0.5) is 4.39 Å². The van der Waals surface area contributed by atoms with E-state index in [4.69, 9.17) is 28.9 Å². The molecule has 72 valence electrons. The lowest BCUT2D eigenvalue weighted by molar-refractivity contribution is 0.625. The van der Waals surface area contributed by atoms with Crippen LogP contribution < -0.4 is 5.73 Å². The molecule has 0 aliphatic rings. The van der Waals surface area contributed by atoms with Gasteiger partial charge >= 0.3 is 0 Å². The molecule has 1 rings (SSSR count). The molecular weight excluding hydrogens is 212 g/mol. The van der Waals surface area contributed by atoms with Crippen molar-refractivity contribution >= 4 is 23.2 Å². The van der Waals surface area contributed by atoms with Crippen molar-refractivity contribution < 1.29 is 4.39 Å². The van der Waals surface area contributed by atoms with Crippen LogP contribution in [0.25, 0.3) is 0 Å². The van der Waals surface area contributed by atoms with Gasteiger partial charge in [-0.3, -0.25) is 0 Å². The number of aryl methyl sites for hydroxylation is 1. The molecule has 1 aromatic carbocycles. The zero-order valence-corrected chi connectivity index (χ0v) is 8.50. The van der Waals surface area contributed by atoms with Gasteiger partial charge in [-0.15, -0.1) is 0 Å². The summed E-state index contributed by atoms with van der Waals surface area (Å²) >= 11 is 11.4. The van der Waals surface area contributed by atoms with E-state index in [0.29, 0.717) is 18.0 Å². The van der Waals surface area contributed by atoms with E-state index in [0.717, 1.165) is 12.0 Å². The molecule has 0 heterocycles. The predicted octanol–water partition coefficient (Wildman–Crippen LogP) is 3.02. The summed E-state index contributed by atoms with van der Waals surface area (Å²) in [5, 5.41) is 0.520. The minimum Gasteiger partial charge on any atom is -0.330 e. The van der Waals surface area contributed by atoms with Crippen LogP contribution in [0.15, 0.2) is 12.1 Å². The third-order valence-corrected chi connectivity index (χ3v) is 2.36. The predicted molar refractivity (Wildman–Crippen MR) is 53.8 cm³/mol. The SMILES string of the molecule is NCCCc1cc(Cl)cc(F)c1Cl. The lowest BCUT2D eigenvalue weighted by atomic mass is 10.1. The Labute approximate surface area is 86.6 Å². The summed E-state index contributed by atoms with van der Waals surface area (Å²) in [7, 11) is 0. The van der Waals surface area contributed by atoms with Crippen LogP contribution in [0, 0.1) is 5.82 Å². The number of benzene rings is 1. The van der Waals surface area contributed by atoms with Crippen LogP contribution in [0.5, 0.6) is 0 Å². The highest BCUT2D eigenvalue weighted by Gasteiger charge is 2.07. The van der Waals surface area contributed by atoms with Gasteiger partial charge in [-0.2, -0.15) is 0 Å². The molecule has 0 bridgehead atoms. The van der Waals surface area contributed by atoms with E-state index < -0.39 is 5.82 Å². The van der Waals surface area contributed by atoms with Crippen LogP contribution in [-0.4, -0.2) is 6.54 Å². The Balaban J connectivity index is 2.92. The Morgan fingerprint density at radius 2 is 2.00 bits per heavy atom. The van der Waals surface area contributed by atoms with Crippen molar-refractivity contribution in [1.29, 1.82) is 0 Å². The second-order valence-corrected chi connectivity index (χ2v) is 3.57. The van der Waals surface area contributed by atoms with Crippen molar-refractivity contribution in [2.75, 3.05) is 6.54 Å². The normalized spacial score (nSPS) is 10.5. The molecule has 0 atom stereocenters. The average Bonchev–Trinajstić information content (AvgIpc) is 2.09. The second kappa shape index (κ2) is 4.80. The summed E-state index contributed by atoms with van der Waals surface area (Å²) in [5.41, 5.74) is 6.05. The largest absolute Gasteiger partial charge is 0.330 e. The molecular formula is C9H10Cl2FN. The molecule has 0 radical (unpaired) electrons. The van der Waals surface area contributed by atoms with Crippen LogP contribution in [0.2, 0.25) is 10.0 Å². The summed E-state index contributed by atoms with van der Waals surface area (Å²) < 4.78 is 13.0. The van der Waals surface area contributed by atoms with Gasteiger partial charge in [0.15, 0.2) is 0 Å². The van der Waals surface area contributed by atoms with Gasteiger partial charge in [0.1, 0.15) is 5.82 Å². The number of rotatable bonds is 3. The van der Waals surface area contributed by atoms with E-state index in [1.54, 1.807) is 6.07 Å². The van der Waals surface area contributed by atoms with Crippen molar-refractivity contribution in [3.63, 3.8) is 0 Å². The molecule has 1 aromatic rings. The zero-order valence-electron chi connectivity index (χ0n) is 6.99. The van der Waals surface area contributed by atoms with Gasteiger partial charge in [0.2, 0.25) is 0 Å². The highest BCUT2D eigenvalue weighted by atomic mass is 35.5. The molecule has 0 fully saturated rings. The maximum atomic E-state index is 13.0. The van der Waals surface area contributed by atoms with E-state index in [1.165, 1.54) is 6.07 Å². The Morgan fingerprint density at radius 1 is 1.31 bits per heavy atom. The van der Waals surface area contributed by atoms with Crippen LogP contribution in [0.1, 0.15) is 12.0 Å². The molecule has 0 saturated heterocycles. The van der Waals surface area contributed by atoms with Gasteiger partial charge in [-0.1, -0.05) is 23.2 Å². The quantitative estimate of drug-likeness (QED) is 0.781. The summed E-state index contributed by atoms with van der Waals surface area (Å²) in [5.74, 6) is -0.471. The van der Waals surface area contributed by atoms with E-state index >= 15 is 0 Å². The monoisotopic (exact) mass is 221 g/mol. The third-order valence-electron chi connectivity index (χ3n) is 1.72. The second-order valence-electron chi connectivity index (χ2n) is 2.75. The van der Waals surface area contributed by atoms with Crippen molar-refractivity contribution in [2.24, 2.45) is 5.73 Å². The van der Waals surface area contributed by atoms with E-state index in [-0.39, 0.29) is 5.02 Å². The number of hydrogen-bond acceptors (Lipinski definition) is 1. The van der Waals surface area contributed by atoms with Crippen LogP contribution in [-0.2, 0) is 6.42 Å². The minimum atomic E-state index is -0.471. The van der Waals surface area contributed by atoms with Crippen molar-refractivity contribution in [1.82, 2.24) is 0 Å². The Kier molecular flexibility index (Phi) is 3.97. The molecule has 0 unspecified atom stereocenters. The number of hydrogen-bond donors (Lipinski definition) is 1. The standard InChI is InChI=1S/C9H10Cl2FN/c10-7-4-6(2-1-3-13)9(11)8(12)5-7/h4-5H,1-3,13H2. The Hall–Kier alpha value is -0.310. The van der Waals surface area contributed by atoms with Crippen molar-refractivity contribution in [2.45, 2.75) is 12.8 Å². The first kappa shape index (κ1) is 10.8. The fourth-order valence-electron chi connectivity index (χ4n) is 1.08. The summed E-state index contributed by atoms with van der Waals surface area (Å²) in [6.45, 7) is 0.560. The average molecular weight is 222 g/mol. The molecule has 0 aromatic heterocycles. The van der Waals surface area contributed by atoms with Gasteiger partial charge in [0, 0.05) is 5.02 Å². The zero-order chi connectivity index (χ0) is 9.84. The lowest BCUT2D eigenvalue weighted by Crippen LogP contribution is -2.01. The highest BCUT2D eigenvalue weighted by Crippen LogP contribution is 2.25. The molecule has 2 N–H and O–H groups in total. The highest BCUT2D eigenvalue weighted by molar-refractivity contribution is 6.33. The fourth-order valence-corrected chi connectivity index (χ4v) is 1.51. The van der Waals surface area contributed by atoms with Gasteiger partial charge < -0.3 is 5.73 Å². The Morgan fingerprint density at radius 3 is 2.62 bits per heavy atom. The van der Waals surface area contributed by atoms with Gasteiger partial charge in [0.25, 0.3) is 0 Å². The molecule has 4 heteroatoms. The molecule has 0 aliphatic carbocycles. The minimum absolute atomic E-state index is 0.151. The van der Waals surface area contributed by atoms with Gasteiger partial charge in [0.05, 0.1) is 5.02 Å². The summed E-state index contributed by atoms with van der Waals surface area (Å²) in [6, 6.07) is 2.87. The topological polar surface area (TPSA) is 26.0 Å². The summed E-state index contributed by atoms with van der Waals surface area (Å²) in [4.78, 5) is 0.